The summed E-state index contributed by atoms with van der Waals surface area (Å²) in [4.78, 5) is 23.1. The van der Waals surface area contributed by atoms with Gasteiger partial charge in [0.2, 0.25) is 0 Å². The third-order valence-corrected chi connectivity index (χ3v) is 3.63. The van der Waals surface area contributed by atoms with E-state index < -0.39 is 12.0 Å². The fourth-order valence-electron chi connectivity index (χ4n) is 2.46. The number of nitrogens with zero attached hydrogens (tertiary/aromatic N) is 2. The zero-order chi connectivity index (χ0) is 16.8. The molecular formula is C19H17N3O2. The summed E-state index contributed by atoms with van der Waals surface area (Å²) in [6, 6.07) is 18.3. The van der Waals surface area contributed by atoms with Crippen molar-refractivity contribution >= 4 is 11.7 Å². The lowest BCUT2D eigenvalue weighted by molar-refractivity contribution is -0.138. The summed E-state index contributed by atoms with van der Waals surface area (Å²) >= 11 is 0. The van der Waals surface area contributed by atoms with E-state index in [-0.39, 0.29) is 6.42 Å². The molecule has 0 radical (unpaired) electrons. The van der Waals surface area contributed by atoms with Gasteiger partial charge in [0.05, 0.1) is 12.0 Å². The number of aliphatic carboxylic acids is 1. The summed E-state index contributed by atoms with van der Waals surface area (Å²) < 4.78 is 0. The largest absolute Gasteiger partial charge is 0.480 e. The molecule has 0 saturated heterocycles. The Labute approximate surface area is 139 Å². The molecule has 2 N–H and O–H groups in total. The highest BCUT2D eigenvalue weighted by atomic mass is 16.4. The molecule has 0 spiro atoms. The van der Waals surface area contributed by atoms with Crippen LogP contribution in [-0.4, -0.2) is 32.8 Å². The summed E-state index contributed by atoms with van der Waals surface area (Å²) in [7, 11) is 0. The van der Waals surface area contributed by atoms with Gasteiger partial charge in [0, 0.05) is 29.4 Å². The van der Waals surface area contributed by atoms with Crippen molar-refractivity contribution in [2.45, 2.75) is 12.5 Å². The number of rotatable bonds is 6. The average Bonchev–Trinajstić information content (AvgIpc) is 3.13. The first-order valence-corrected chi connectivity index (χ1v) is 7.63. The predicted molar refractivity (Wildman–Crippen MR) is 92.2 cm³/mol. The fourth-order valence-corrected chi connectivity index (χ4v) is 2.46. The van der Waals surface area contributed by atoms with Crippen molar-refractivity contribution in [3.8, 4) is 0 Å². The Morgan fingerprint density at radius 3 is 2.08 bits per heavy atom. The van der Waals surface area contributed by atoms with Crippen LogP contribution in [-0.2, 0) is 11.2 Å². The van der Waals surface area contributed by atoms with E-state index >= 15 is 0 Å². The van der Waals surface area contributed by atoms with Gasteiger partial charge in [0.25, 0.3) is 0 Å². The number of H-pyrrole nitrogens is 1. The minimum atomic E-state index is -0.964. The van der Waals surface area contributed by atoms with Crippen LogP contribution in [0.5, 0.6) is 0 Å². The molecule has 0 aliphatic heterocycles. The number of carbonyl (C=O) groups is 1. The smallest absolute Gasteiger partial charge is 0.328 e. The lowest BCUT2D eigenvalue weighted by atomic mass is 10.0. The number of benzene rings is 2. The zero-order valence-electron chi connectivity index (χ0n) is 13.0. The predicted octanol–water partition coefficient (Wildman–Crippen LogP) is 2.94. The van der Waals surface area contributed by atoms with E-state index in [4.69, 9.17) is 0 Å². The summed E-state index contributed by atoms with van der Waals surface area (Å²) in [5.41, 5.74) is 3.19. The molecule has 1 aromatic heterocycles. The number of aliphatic imine (C=N–C) groups is 1. The zero-order valence-corrected chi connectivity index (χ0v) is 13.0. The van der Waals surface area contributed by atoms with Crippen LogP contribution in [0.15, 0.2) is 78.2 Å². The topological polar surface area (TPSA) is 78.3 Å². The summed E-state index contributed by atoms with van der Waals surface area (Å²) in [6.45, 7) is 0. The molecule has 0 aliphatic carbocycles. The number of hydrogen-bond donors (Lipinski definition) is 2. The number of hydrogen-bond acceptors (Lipinski definition) is 3. The first-order chi connectivity index (χ1) is 11.7. The molecule has 1 unspecified atom stereocenters. The molecular weight excluding hydrogens is 302 g/mol. The second-order valence-electron chi connectivity index (χ2n) is 5.34. The molecule has 120 valence electrons. The van der Waals surface area contributed by atoms with Crippen LogP contribution < -0.4 is 0 Å². The molecule has 3 rings (SSSR count). The standard InChI is InChI=1S/C19H17N3O2/c23-19(24)17(11-16-12-20-13-21-16)22-18(14-7-3-1-4-8-14)15-9-5-2-6-10-15/h1-10,12-13,17H,11H2,(H,20,21)(H,23,24). The molecule has 0 saturated carbocycles. The normalized spacial score (nSPS) is 11.7. The highest BCUT2D eigenvalue weighted by Gasteiger charge is 2.20. The number of carboxylic acids is 1. The van der Waals surface area contributed by atoms with Crippen LogP contribution in [0.3, 0.4) is 0 Å². The molecule has 0 bridgehead atoms. The third kappa shape index (κ3) is 3.76. The van der Waals surface area contributed by atoms with Crippen molar-refractivity contribution in [3.05, 3.63) is 90.0 Å². The molecule has 1 atom stereocenters. The van der Waals surface area contributed by atoms with Gasteiger partial charge < -0.3 is 10.1 Å². The van der Waals surface area contributed by atoms with E-state index in [1.165, 1.54) is 6.33 Å². The Balaban J connectivity index is 2.02. The first kappa shape index (κ1) is 15.7. The first-order valence-electron chi connectivity index (χ1n) is 7.63. The van der Waals surface area contributed by atoms with Gasteiger partial charge in [0.15, 0.2) is 6.04 Å². The number of imidazole rings is 1. The van der Waals surface area contributed by atoms with E-state index in [0.717, 1.165) is 16.8 Å². The third-order valence-electron chi connectivity index (χ3n) is 3.63. The van der Waals surface area contributed by atoms with Gasteiger partial charge in [0.1, 0.15) is 0 Å². The van der Waals surface area contributed by atoms with Gasteiger partial charge in [-0.1, -0.05) is 60.7 Å². The molecule has 0 amide bonds. The molecule has 5 nitrogen and oxygen atoms in total. The van der Waals surface area contributed by atoms with E-state index in [2.05, 4.69) is 15.0 Å². The van der Waals surface area contributed by atoms with Crippen LogP contribution in [0.1, 0.15) is 16.8 Å². The number of carboxylic acid groups (broad SMARTS) is 1. The monoisotopic (exact) mass is 319 g/mol. The summed E-state index contributed by atoms with van der Waals surface area (Å²) in [5.74, 6) is -0.964. The Kier molecular flexibility index (Phi) is 4.81. The molecule has 1 heterocycles. The lowest BCUT2D eigenvalue weighted by Gasteiger charge is -2.12. The van der Waals surface area contributed by atoms with Crippen molar-refractivity contribution in [1.29, 1.82) is 0 Å². The van der Waals surface area contributed by atoms with Crippen LogP contribution in [0, 0.1) is 0 Å². The van der Waals surface area contributed by atoms with Crippen LogP contribution >= 0.6 is 0 Å². The Hall–Kier alpha value is -3.21. The van der Waals surface area contributed by atoms with E-state index in [0.29, 0.717) is 5.71 Å². The number of nitrogens with one attached hydrogen (secondary N) is 1. The maximum Gasteiger partial charge on any atom is 0.328 e. The van der Waals surface area contributed by atoms with Crippen molar-refractivity contribution in [2.24, 2.45) is 4.99 Å². The van der Waals surface area contributed by atoms with Gasteiger partial charge in [-0.2, -0.15) is 0 Å². The number of aromatic nitrogens is 2. The van der Waals surface area contributed by atoms with E-state index in [1.54, 1.807) is 6.20 Å². The fraction of sp³-hybridized carbons (Fsp3) is 0.105. The lowest BCUT2D eigenvalue weighted by Crippen LogP contribution is -2.23. The van der Waals surface area contributed by atoms with Crippen LogP contribution in [0.4, 0.5) is 0 Å². The average molecular weight is 319 g/mol. The van der Waals surface area contributed by atoms with Gasteiger partial charge in [-0.3, -0.25) is 4.99 Å². The van der Waals surface area contributed by atoms with Crippen LogP contribution in [0.2, 0.25) is 0 Å². The van der Waals surface area contributed by atoms with Gasteiger partial charge >= 0.3 is 5.97 Å². The Bertz CT molecular complexity index is 771. The molecule has 0 fully saturated rings. The van der Waals surface area contributed by atoms with Crippen LogP contribution in [0.25, 0.3) is 0 Å². The SMILES string of the molecule is O=C(O)C(Cc1cnc[nH]1)N=C(c1ccccc1)c1ccccc1. The highest BCUT2D eigenvalue weighted by Crippen LogP contribution is 2.14. The molecule has 3 aromatic rings. The van der Waals surface area contributed by atoms with Gasteiger partial charge in [-0.15, -0.1) is 0 Å². The van der Waals surface area contributed by atoms with Gasteiger partial charge in [-0.25, -0.2) is 9.78 Å². The van der Waals surface area contributed by atoms with E-state index in [9.17, 15) is 9.90 Å². The molecule has 2 aromatic carbocycles. The van der Waals surface area contributed by atoms with Crippen molar-refractivity contribution in [3.63, 3.8) is 0 Å². The molecule has 5 heteroatoms. The van der Waals surface area contributed by atoms with Crippen molar-refractivity contribution in [1.82, 2.24) is 9.97 Å². The molecule has 0 aliphatic rings. The summed E-state index contributed by atoms with van der Waals surface area (Å²) in [5, 5.41) is 9.57. The van der Waals surface area contributed by atoms with Crippen molar-refractivity contribution in [2.75, 3.05) is 0 Å². The second kappa shape index (κ2) is 7.37. The quantitative estimate of drug-likeness (QED) is 0.686. The Morgan fingerprint density at radius 2 is 1.62 bits per heavy atom. The second-order valence-corrected chi connectivity index (χ2v) is 5.34. The summed E-state index contributed by atoms with van der Waals surface area (Å²) in [6.07, 6.45) is 3.42. The minimum Gasteiger partial charge on any atom is -0.480 e. The maximum absolute atomic E-state index is 11.7. The van der Waals surface area contributed by atoms with Crippen molar-refractivity contribution < 1.29 is 9.90 Å². The Morgan fingerprint density at radius 1 is 1.04 bits per heavy atom. The van der Waals surface area contributed by atoms with Gasteiger partial charge in [-0.05, 0) is 0 Å². The van der Waals surface area contributed by atoms with E-state index in [1.807, 2.05) is 60.7 Å². The maximum atomic E-state index is 11.7. The highest BCUT2D eigenvalue weighted by molar-refractivity contribution is 6.13. The number of aromatic amines is 1. The minimum absolute atomic E-state index is 0.262. The molecule has 24 heavy (non-hydrogen) atoms.